The number of phenolic OH excluding ortho intramolecular Hbond substituents is 1. The molecule has 0 radical (unpaired) electrons. The van der Waals surface area contributed by atoms with Crippen molar-refractivity contribution in [1.29, 1.82) is 0 Å². The monoisotopic (exact) mass is 289 g/mol. The third kappa shape index (κ3) is 2.71. The zero-order chi connectivity index (χ0) is 13.3. The number of likely N-dealkylation sites (tertiary alicyclic amines) is 1. The molecular weight excluding hydrogens is 277 g/mol. The van der Waals surface area contributed by atoms with Gasteiger partial charge in [0.25, 0.3) is 5.91 Å². The summed E-state index contributed by atoms with van der Waals surface area (Å²) in [6, 6.07) is 2.72. The van der Waals surface area contributed by atoms with E-state index in [1.807, 2.05) is 0 Å². The maximum absolute atomic E-state index is 12.2. The van der Waals surface area contributed by atoms with E-state index in [4.69, 9.17) is 23.2 Å². The Morgan fingerprint density at radius 3 is 2.44 bits per heavy atom. The minimum absolute atomic E-state index is 0.0671. The van der Waals surface area contributed by atoms with Crippen LogP contribution in [-0.4, -0.2) is 40.2 Å². The predicted molar refractivity (Wildman–Crippen MR) is 69.3 cm³/mol. The largest absolute Gasteiger partial charge is 0.507 e. The lowest BCUT2D eigenvalue weighted by Crippen LogP contribution is -2.40. The van der Waals surface area contributed by atoms with Crippen molar-refractivity contribution in [3.05, 3.63) is 27.7 Å². The Balaban J connectivity index is 2.24. The van der Waals surface area contributed by atoms with E-state index in [-0.39, 0.29) is 33.4 Å². The molecule has 1 heterocycles. The first-order chi connectivity index (χ1) is 8.49. The number of amides is 1. The lowest BCUT2D eigenvalue weighted by molar-refractivity contribution is 0.0544. The first-order valence-corrected chi connectivity index (χ1v) is 6.40. The Morgan fingerprint density at radius 1 is 1.28 bits per heavy atom. The van der Waals surface area contributed by atoms with E-state index < -0.39 is 0 Å². The number of aliphatic hydroxyl groups excluding tert-OH is 1. The van der Waals surface area contributed by atoms with E-state index in [2.05, 4.69) is 0 Å². The summed E-state index contributed by atoms with van der Waals surface area (Å²) in [6.07, 6.45) is 0.721. The molecule has 0 atom stereocenters. The Kier molecular flexibility index (Phi) is 4.00. The van der Waals surface area contributed by atoms with E-state index in [0.717, 1.165) is 0 Å². The van der Waals surface area contributed by atoms with Gasteiger partial charge in [-0.15, -0.1) is 0 Å². The van der Waals surface area contributed by atoms with Crippen LogP contribution in [0, 0.1) is 0 Å². The maximum Gasteiger partial charge on any atom is 0.259 e. The van der Waals surface area contributed by atoms with Crippen LogP contribution in [0.5, 0.6) is 5.75 Å². The number of benzene rings is 1. The van der Waals surface area contributed by atoms with Crippen molar-refractivity contribution in [2.75, 3.05) is 13.1 Å². The molecule has 0 unspecified atom stereocenters. The fraction of sp³-hybridized carbons (Fsp3) is 0.417. The molecule has 0 spiro atoms. The summed E-state index contributed by atoms with van der Waals surface area (Å²) in [4.78, 5) is 13.8. The van der Waals surface area contributed by atoms with Crippen molar-refractivity contribution in [2.45, 2.75) is 18.9 Å². The molecule has 1 saturated heterocycles. The number of hydrogen-bond acceptors (Lipinski definition) is 3. The molecule has 98 valence electrons. The summed E-state index contributed by atoms with van der Waals surface area (Å²) in [5.41, 5.74) is 0.0671. The summed E-state index contributed by atoms with van der Waals surface area (Å²) < 4.78 is 0. The van der Waals surface area contributed by atoms with Gasteiger partial charge in [-0.05, 0) is 25.0 Å². The van der Waals surface area contributed by atoms with Gasteiger partial charge in [0, 0.05) is 18.1 Å². The molecule has 1 aromatic carbocycles. The number of piperidine rings is 1. The van der Waals surface area contributed by atoms with Crippen LogP contribution in [0.4, 0.5) is 0 Å². The summed E-state index contributed by atoms with van der Waals surface area (Å²) in [6.45, 7) is 0.913. The molecule has 2 rings (SSSR count). The summed E-state index contributed by atoms with van der Waals surface area (Å²) in [5.74, 6) is -0.551. The molecule has 6 heteroatoms. The molecule has 0 saturated carbocycles. The quantitative estimate of drug-likeness (QED) is 0.834. The fourth-order valence-corrected chi connectivity index (χ4v) is 2.56. The number of rotatable bonds is 1. The molecule has 1 aliphatic heterocycles. The number of phenols is 1. The molecule has 1 amide bonds. The number of aliphatic hydroxyl groups is 1. The molecule has 0 aromatic heterocycles. The van der Waals surface area contributed by atoms with Crippen LogP contribution < -0.4 is 0 Å². The van der Waals surface area contributed by atoms with Gasteiger partial charge in [0.05, 0.1) is 16.7 Å². The normalized spacial score (nSPS) is 16.9. The van der Waals surface area contributed by atoms with Crippen LogP contribution in [0.1, 0.15) is 23.2 Å². The highest BCUT2D eigenvalue weighted by Gasteiger charge is 2.26. The maximum atomic E-state index is 12.2. The van der Waals surface area contributed by atoms with Crippen LogP contribution in [-0.2, 0) is 0 Å². The summed E-state index contributed by atoms with van der Waals surface area (Å²) >= 11 is 11.7. The molecule has 1 aliphatic rings. The van der Waals surface area contributed by atoms with Crippen molar-refractivity contribution >= 4 is 29.1 Å². The average Bonchev–Trinajstić information content (AvgIpc) is 2.28. The molecular formula is C12H13Cl2NO3. The predicted octanol–water partition coefficient (Wildman–Crippen LogP) is 2.30. The number of aromatic hydroxyl groups is 1. The van der Waals surface area contributed by atoms with Gasteiger partial charge in [-0.3, -0.25) is 4.79 Å². The standard InChI is InChI=1S/C12H13Cl2NO3/c13-7-5-9(14)11(10(17)6-7)12(18)15-3-1-8(16)2-4-15/h5-6,8,16-17H,1-4H2. The van der Waals surface area contributed by atoms with Gasteiger partial charge in [-0.1, -0.05) is 23.2 Å². The average molecular weight is 290 g/mol. The van der Waals surface area contributed by atoms with E-state index in [0.29, 0.717) is 25.9 Å². The number of hydrogen-bond donors (Lipinski definition) is 2. The van der Waals surface area contributed by atoms with Gasteiger partial charge in [0.2, 0.25) is 0 Å². The summed E-state index contributed by atoms with van der Waals surface area (Å²) in [7, 11) is 0. The van der Waals surface area contributed by atoms with Gasteiger partial charge < -0.3 is 15.1 Å². The van der Waals surface area contributed by atoms with Crippen LogP contribution in [0.2, 0.25) is 10.0 Å². The van der Waals surface area contributed by atoms with Gasteiger partial charge in [-0.2, -0.15) is 0 Å². The van der Waals surface area contributed by atoms with Crippen molar-refractivity contribution in [3.8, 4) is 5.75 Å². The highest BCUT2D eigenvalue weighted by atomic mass is 35.5. The Morgan fingerprint density at radius 2 is 1.89 bits per heavy atom. The SMILES string of the molecule is O=C(c1c(O)cc(Cl)cc1Cl)N1CCC(O)CC1. The van der Waals surface area contributed by atoms with Crippen molar-refractivity contribution in [1.82, 2.24) is 4.90 Å². The molecule has 2 N–H and O–H groups in total. The topological polar surface area (TPSA) is 60.8 Å². The third-order valence-electron chi connectivity index (χ3n) is 3.00. The van der Waals surface area contributed by atoms with Crippen molar-refractivity contribution < 1.29 is 15.0 Å². The lowest BCUT2D eigenvalue weighted by atomic mass is 10.1. The Labute approximate surface area is 115 Å². The Hall–Kier alpha value is -0.970. The van der Waals surface area contributed by atoms with Gasteiger partial charge in [0.1, 0.15) is 5.75 Å². The van der Waals surface area contributed by atoms with E-state index in [1.54, 1.807) is 4.90 Å². The second-order valence-corrected chi connectivity index (χ2v) is 5.15. The number of carbonyl (C=O) groups is 1. The van der Waals surface area contributed by atoms with Crippen LogP contribution in [0.15, 0.2) is 12.1 Å². The van der Waals surface area contributed by atoms with Crippen LogP contribution >= 0.6 is 23.2 Å². The third-order valence-corrected chi connectivity index (χ3v) is 3.52. The first-order valence-electron chi connectivity index (χ1n) is 5.64. The number of halogens is 2. The molecule has 1 fully saturated rings. The highest BCUT2D eigenvalue weighted by molar-refractivity contribution is 6.37. The molecule has 4 nitrogen and oxygen atoms in total. The van der Waals surface area contributed by atoms with E-state index in [1.165, 1.54) is 12.1 Å². The smallest absolute Gasteiger partial charge is 0.259 e. The molecule has 0 bridgehead atoms. The van der Waals surface area contributed by atoms with E-state index >= 15 is 0 Å². The van der Waals surface area contributed by atoms with Gasteiger partial charge >= 0.3 is 0 Å². The first kappa shape index (κ1) is 13.5. The zero-order valence-electron chi connectivity index (χ0n) is 9.57. The second kappa shape index (κ2) is 5.34. The number of nitrogens with zero attached hydrogens (tertiary/aromatic N) is 1. The molecule has 1 aromatic rings. The minimum Gasteiger partial charge on any atom is -0.507 e. The van der Waals surface area contributed by atoms with Gasteiger partial charge in [-0.25, -0.2) is 0 Å². The minimum atomic E-state index is -0.358. The number of carbonyl (C=O) groups excluding carboxylic acids is 1. The molecule has 0 aliphatic carbocycles. The summed E-state index contributed by atoms with van der Waals surface area (Å²) in [5, 5.41) is 19.6. The molecule has 18 heavy (non-hydrogen) atoms. The van der Waals surface area contributed by atoms with Crippen molar-refractivity contribution in [3.63, 3.8) is 0 Å². The van der Waals surface area contributed by atoms with Crippen LogP contribution in [0.3, 0.4) is 0 Å². The Bertz CT molecular complexity index is 447. The zero-order valence-corrected chi connectivity index (χ0v) is 11.1. The fourth-order valence-electron chi connectivity index (χ4n) is 2.00. The highest BCUT2D eigenvalue weighted by Crippen LogP contribution is 2.31. The van der Waals surface area contributed by atoms with Crippen LogP contribution in [0.25, 0.3) is 0 Å². The lowest BCUT2D eigenvalue weighted by Gasteiger charge is -2.30. The van der Waals surface area contributed by atoms with Crippen molar-refractivity contribution in [2.24, 2.45) is 0 Å². The van der Waals surface area contributed by atoms with E-state index in [9.17, 15) is 15.0 Å². The second-order valence-electron chi connectivity index (χ2n) is 4.31. The van der Waals surface area contributed by atoms with Gasteiger partial charge in [0.15, 0.2) is 0 Å².